The van der Waals surface area contributed by atoms with Gasteiger partial charge in [0.25, 0.3) is 0 Å². The van der Waals surface area contributed by atoms with Gasteiger partial charge in [0.15, 0.2) is 0 Å². The lowest BCUT2D eigenvalue weighted by Gasteiger charge is -2.06. The first kappa shape index (κ1) is 10.7. The van der Waals surface area contributed by atoms with Crippen LogP contribution in [0.5, 0.6) is 5.75 Å². The summed E-state index contributed by atoms with van der Waals surface area (Å²) in [5.41, 5.74) is -0.374. The number of hydrogen-bond donors (Lipinski definition) is 2. The van der Waals surface area contributed by atoms with Crippen LogP contribution >= 0.6 is 0 Å². The van der Waals surface area contributed by atoms with Gasteiger partial charge < -0.3 is 19.4 Å². The highest BCUT2D eigenvalue weighted by atomic mass is 16.5. The van der Waals surface area contributed by atoms with Crippen molar-refractivity contribution in [1.82, 2.24) is 0 Å². The predicted octanol–water partition coefficient (Wildman–Crippen LogP) is -0.108. The Morgan fingerprint density at radius 2 is 2.36 bits per heavy atom. The van der Waals surface area contributed by atoms with Gasteiger partial charge >= 0.3 is 0 Å². The summed E-state index contributed by atoms with van der Waals surface area (Å²) in [4.78, 5) is 11.2. The molecule has 0 spiro atoms. The van der Waals surface area contributed by atoms with Crippen LogP contribution in [0, 0.1) is 0 Å². The van der Waals surface area contributed by atoms with Gasteiger partial charge in [-0.05, 0) is 6.92 Å². The van der Waals surface area contributed by atoms with Crippen molar-refractivity contribution in [2.24, 2.45) is 0 Å². The molecule has 1 atom stereocenters. The summed E-state index contributed by atoms with van der Waals surface area (Å²) in [6, 6.07) is 1.15. The second-order valence-corrected chi connectivity index (χ2v) is 2.89. The monoisotopic (exact) mass is 200 g/mol. The van der Waals surface area contributed by atoms with E-state index in [0.717, 1.165) is 12.3 Å². The number of aliphatic hydroxyl groups excluding tert-OH is 2. The van der Waals surface area contributed by atoms with E-state index >= 15 is 0 Å². The molecule has 0 amide bonds. The number of rotatable bonds is 4. The van der Waals surface area contributed by atoms with Crippen LogP contribution in [0.2, 0.25) is 0 Å². The Bertz CT molecular complexity index is 341. The van der Waals surface area contributed by atoms with Crippen molar-refractivity contribution in [2.45, 2.75) is 19.6 Å². The lowest BCUT2D eigenvalue weighted by molar-refractivity contribution is 0.120. The normalized spacial score (nSPS) is 12.5. The topological polar surface area (TPSA) is 79.9 Å². The van der Waals surface area contributed by atoms with Crippen molar-refractivity contribution in [2.75, 3.05) is 6.61 Å². The zero-order valence-electron chi connectivity index (χ0n) is 7.77. The minimum atomic E-state index is -0.646. The summed E-state index contributed by atoms with van der Waals surface area (Å²) >= 11 is 0. The largest absolute Gasteiger partial charge is 0.484 e. The standard InChI is InChI=1S/C9H12O5/c1-6(11)4-14-9-5-13-7(3-10)2-8(9)12/h2,5-6,10-11H,3-4H2,1H3. The summed E-state index contributed by atoms with van der Waals surface area (Å²) in [5.74, 6) is 0.211. The molecule has 1 aromatic heterocycles. The maximum absolute atomic E-state index is 11.2. The fourth-order valence-corrected chi connectivity index (χ4v) is 0.837. The first-order valence-electron chi connectivity index (χ1n) is 4.17. The Morgan fingerprint density at radius 1 is 1.64 bits per heavy atom. The molecular formula is C9H12O5. The van der Waals surface area contributed by atoms with Gasteiger partial charge in [-0.2, -0.15) is 0 Å². The van der Waals surface area contributed by atoms with E-state index in [0.29, 0.717) is 0 Å². The Balaban J connectivity index is 2.74. The molecule has 0 saturated heterocycles. The molecule has 0 aromatic carbocycles. The SMILES string of the molecule is CC(O)COc1coc(CO)cc1=O. The van der Waals surface area contributed by atoms with Gasteiger partial charge in [0, 0.05) is 6.07 Å². The molecule has 0 aliphatic heterocycles. The highest BCUT2D eigenvalue weighted by molar-refractivity contribution is 5.17. The minimum Gasteiger partial charge on any atom is -0.484 e. The molecule has 5 heteroatoms. The maximum atomic E-state index is 11.2. The quantitative estimate of drug-likeness (QED) is 0.709. The van der Waals surface area contributed by atoms with Crippen molar-refractivity contribution in [1.29, 1.82) is 0 Å². The zero-order chi connectivity index (χ0) is 10.6. The number of hydrogen-bond acceptors (Lipinski definition) is 5. The molecule has 0 radical (unpaired) electrons. The molecule has 0 bridgehead atoms. The summed E-state index contributed by atoms with van der Waals surface area (Å²) in [6.07, 6.45) is 0.475. The lowest BCUT2D eigenvalue weighted by Crippen LogP contribution is -2.16. The third-order valence-corrected chi connectivity index (χ3v) is 1.49. The molecule has 2 N–H and O–H groups in total. The van der Waals surface area contributed by atoms with Crippen LogP contribution in [-0.4, -0.2) is 22.9 Å². The van der Waals surface area contributed by atoms with E-state index in [1.54, 1.807) is 6.92 Å². The summed E-state index contributed by atoms with van der Waals surface area (Å²) < 4.78 is 9.82. The fraction of sp³-hybridized carbons (Fsp3) is 0.444. The van der Waals surface area contributed by atoms with E-state index in [1.165, 1.54) is 0 Å². The van der Waals surface area contributed by atoms with E-state index in [1.807, 2.05) is 0 Å². The van der Waals surface area contributed by atoms with E-state index < -0.39 is 6.10 Å². The van der Waals surface area contributed by atoms with E-state index in [-0.39, 0.29) is 30.2 Å². The molecule has 78 valence electrons. The Hall–Kier alpha value is -1.33. The predicted molar refractivity (Wildman–Crippen MR) is 48.1 cm³/mol. The smallest absolute Gasteiger partial charge is 0.227 e. The maximum Gasteiger partial charge on any atom is 0.227 e. The van der Waals surface area contributed by atoms with Gasteiger partial charge in [-0.15, -0.1) is 0 Å². The lowest BCUT2D eigenvalue weighted by atomic mass is 10.4. The van der Waals surface area contributed by atoms with Gasteiger partial charge in [0.05, 0.1) is 6.10 Å². The molecule has 0 fully saturated rings. The molecule has 14 heavy (non-hydrogen) atoms. The van der Waals surface area contributed by atoms with Gasteiger partial charge in [-0.1, -0.05) is 0 Å². The average Bonchev–Trinajstić information content (AvgIpc) is 2.15. The van der Waals surface area contributed by atoms with Crippen molar-refractivity contribution in [3.05, 3.63) is 28.3 Å². The molecule has 1 unspecified atom stereocenters. The van der Waals surface area contributed by atoms with E-state index in [2.05, 4.69) is 0 Å². The average molecular weight is 200 g/mol. The van der Waals surface area contributed by atoms with Crippen LogP contribution in [0.4, 0.5) is 0 Å². The summed E-state index contributed by atoms with van der Waals surface area (Å²) in [7, 11) is 0. The second kappa shape index (κ2) is 4.78. The molecule has 5 nitrogen and oxygen atoms in total. The zero-order valence-corrected chi connectivity index (χ0v) is 7.77. The molecular weight excluding hydrogens is 188 g/mol. The van der Waals surface area contributed by atoms with Crippen molar-refractivity contribution >= 4 is 0 Å². The Kier molecular flexibility index (Phi) is 3.67. The Labute approximate surface area is 80.6 Å². The fourth-order valence-electron chi connectivity index (χ4n) is 0.837. The van der Waals surface area contributed by atoms with Crippen LogP contribution in [0.15, 0.2) is 21.5 Å². The van der Waals surface area contributed by atoms with Gasteiger partial charge in [-0.3, -0.25) is 4.79 Å². The van der Waals surface area contributed by atoms with Crippen LogP contribution in [0.25, 0.3) is 0 Å². The first-order valence-corrected chi connectivity index (χ1v) is 4.17. The summed E-state index contributed by atoms with van der Waals surface area (Å²) in [5, 5.41) is 17.6. The van der Waals surface area contributed by atoms with Crippen molar-refractivity contribution in [3.8, 4) is 5.75 Å². The molecule has 0 saturated carbocycles. The van der Waals surface area contributed by atoms with Crippen LogP contribution in [0.3, 0.4) is 0 Å². The molecule has 1 aromatic rings. The van der Waals surface area contributed by atoms with Crippen LogP contribution in [-0.2, 0) is 6.61 Å². The van der Waals surface area contributed by atoms with Gasteiger partial charge in [0.2, 0.25) is 11.2 Å². The molecule has 0 aliphatic rings. The third kappa shape index (κ3) is 2.86. The Morgan fingerprint density at radius 3 is 2.86 bits per heavy atom. The molecule has 1 heterocycles. The van der Waals surface area contributed by atoms with E-state index in [9.17, 15) is 4.79 Å². The van der Waals surface area contributed by atoms with Crippen LogP contribution in [0.1, 0.15) is 12.7 Å². The first-order chi connectivity index (χ1) is 6.63. The molecule has 1 rings (SSSR count). The van der Waals surface area contributed by atoms with E-state index in [4.69, 9.17) is 19.4 Å². The van der Waals surface area contributed by atoms with Gasteiger partial charge in [-0.25, -0.2) is 0 Å². The number of aliphatic hydroxyl groups is 2. The second-order valence-electron chi connectivity index (χ2n) is 2.89. The van der Waals surface area contributed by atoms with Crippen LogP contribution < -0.4 is 10.2 Å². The molecule has 0 aliphatic carbocycles. The van der Waals surface area contributed by atoms with Gasteiger partial charge in [0.1, 0.15) is 25.2 Å². The minimum absolute atomic E-state index is 0.0306. The van der Waals surface area contributed by atoms with Crippen molar-refractivity contribution < 1.29 is 19.4 Å². The third-order valence-electron chi connectivity index (χ3n) is 1.49. The summed E-state index contributed by atoms with van der Waals surface area (Å²) in [6.45, 7) is 1.25. The van der Waals surface area contributed by atoms with Crippen molar-refractivity contribution in [3.63, 3.8) is 0 Å². The highest BCUT2D eigenvalue weighted by Gasteiger charge is 2.05. The number of ether oxygens (including phenoxy) is 1. The highest BCUT2D eigenvalue weighted by Crippen LogP contribution is 2.05.